The molecule has 0 saturated carbocycles. The molecule has 88 valence electrons. The van der Waals surface area contributed by atoms with Crippen molar-refractivity contribution in [2.75, 3.05) is 0 Å². The fraction of sp³-hybridized carbons (Fsp3) is 0.417. The highest BCUT2D eigenvalue weighted by Gasteiger charge is 2.36. The van der Waals surface area contributed by atoms with Gasteiger partial charge in [0.25, 0.3) is 0 Å². The maximum absolute atomic E-state index is 13.8. The van der Waals surface area contributed by atoms with Crippen molar-refractivity contribution in [2.24, 2.45) is 4.99 Å². The van der Waals surface area contributed by atoms with Gasteiger partial charge in [0.1, 0.15) is 18.0 Å². The molecule has 3 heterocycles. The second-order valence-corrected chi connectivity index (χ2v) is 4.26. The number of hydrogen-bond acceptors (Lipinski definition) is 3. The number of rotatable bonds is 2. The molecular formula is C12H13FN4. The molecule has 3 atom stereocenters. The fourth-order valence-electron chi connectivity index (χ4n) is 2.42. The fourth-order valence-corrected chi connectivity index (χ4v) is 2.42. The first-order valence-electron chi connectivity index (χ1n) is 5.71. The van der Waals surface area contributed by atoms with Crippen molar-refractivity contribution in [3.63, 3.8) is 0 Å². The predicted octanol–water partition coefficient (Wildman–Crippen LogP) is 1.76. The molecule has 0 fully saturated rings. The Kier molecular flexibility index (Phi) is 2.39. The summed E-state index contributed by atoms with van der Waals surface area (Å²) in [6.07, 6.45) is 7.10. The van der Waals surface area contributed by atoms with E-state index < -0.39 is 6.17 Å². The number of allylic oxidation sites excluding steroid dienone is 1. The summed E-state index contributed by atoms with van der Waals surface area (Å²) in [5.74, 6) is 1.51. The van der Waals surface area contributed by atoms with Gasteiger partial charge in [-0.05, 0) is 24.6 Å². The molecule has 1 aromatic heterocycles. The van der Waals surface area contributed by atoms with Crippen LogP contribution in [0.15, 0.2) is 23.7 Å². The molecule has 0 saturated heterocycles. The smallest absolute Gasteiger partial charge is 0.173 e. The molecule has 1 aromatic rings. The van der Waals surface area contributed by atoms with E-state index in [1.807, 2.05) is 4.68 Å². The molecule has 5 heteroatoms. The second kappa shape index (κ2) is 3.91. The zero-order valence-electron chi connectivity index (χ0n) is 9.33. The molecule has 17 heavy (non-hydrogen) atoms. The van der Waals surface area contributed by atoms with Gasteiger partial charge in [0.15, 0.2) is 5.82 Å². The van der Waals surface area contributed by atoms with Crippen molar-refractivity contribution in [2.45, 2.75) is 31.1 Å². The van der Waals surface area contributed by atoms with E-state index in [4.69, 9.17) is 0 Å². The van der Waals surface area contributed by atoms with Crippen molar-refractivity contribution in [1.82, 2.24) is 14.8 Å². The van der Waals surface area contributed by atoms with Gasteiger partial charge in [0, 0.05) is 12.6 Å². The van der Waals surface area contributed by atoms with Gasteiger partial charge in [-0.3, -0.25) is 4.99 Å². The Labute approximate surface area is 98.6 Å². The highest BCUT2D eigenvalue weighted by Crippen LogP contribution is 2.32. The van der Waals surface area contributed by atoms with Gasteiger partial charge in [-0.15, -0.1) is 0 Å². The van der Waals surface area contributed by atoms with E-state index in [1.165, 1.54) is 0 Å². The molecule has 0 N–H and O–H groups in total. The van der Waals surface area contributed by atoms with Crippen LogP contribution in [0.25, 0.3) is 6.08 Å². The third kappa shape index (κ3) is 1.62. The molecule has 0 aliphatic carbocycles. The zero-order valence-corrected chi connectivity index (χ0v) is 9.33. The summed E-state index contributed by atoms with van der Waals surface area (Å²) in [7, 11) is 0. The number of aryl methyl sites for hydroxylation is 1. The molecule has 3 unspecified atom stereocenters. The minimum Gasteiger partial charge on any atom is -0.284 e. The molecule has 3 rings (SSSR count). The molecule has 0 radical (unpaired) electrons. The number of aromatic nitrogens is 3. The number of alkyl halides is 1. The van der Waals surface area contributed by atoms with Crippen molar-refractivity contribution >= 4 is 12.3 Å². The summed E-state index contributed by atoms with van der Waals surface area (Å²) in [5.41, 5.74) is 0. The van der Waals surface area contributed by atoms with Crippen molar-refractivity contribution in [3.8, 4) is 0 Å². The summed E-state index contributed by atoms with van der Waals surface area (Å²) >= 11 is 0. The third-order valence-electron chi connectivity index (χ3n) is 3.24. The van der Waals surface area contributed by atoms with E-state index in [1.54, 1.807) is 24.4 Å². The summed E-state index contributed by atoms with van der Waals surface area (Å²) in [4.78, 5) is 8.55. The van der Waals surface area contributed by atoms with Crippen LogP contribution in [-0.4, -0.2) is 33.2 Å². The average Bonchev–Trinajstić information content (AvgIpc) is 2.89. The number of hydrogen-bond donors (Lipinski definition) is 0. The molecule has 0 aromatic carbocycles. The van der Waals surface area contributed by atoms with Gasteiger partial charge in [0.2, 0.25) is 0 Å². The molecule has 0 amide bonds. The SMILES string of the molecule is C=Cc1nc2n(n1)C(C1N=CC=CC1F)CC2. The highest BCUT2D eigenvalue weighted by atomic mass is 19.1. The van der Waals surface area contributed by atoms with Crippen LogP contribution < -0.4 is 0 Å². The Morgan fingerprint density at radius 3 is 3.18 bits per heavy atom. The van der Waals surface area contributed by atoms with Crippen LogP contribution in [0, 0.1) is 0 Å². The zero-order chi connectivity index (χ0) is 11.8. The van der Waals surface area contributed by atoms with E-state index in [0.29, 0.717) is 5.82 Å². The van der Waals surface area contributed by atoms with Gasteiger partial charge in [-0.2, -0.15) is 5.10 Å². The van der Waals surface area contributed by atoms with Crippen LogP contribution in [-0.2, 0) is 6.42 Å². The minimum atomic E-state index is -1.03. The van der Waals surface area contributed by atoms with E-state index >= 15 is 0 Å². The first kappa shape index (κ1) is 10.4. The topological polar surface area (TPSA) is 43.1 Å². The summed E-state index contributed by atoms with van der Waals surface area (Å²) < 4.78 is 15.6. The number of nitrogens with zero attached hydrogens (tertiary/aromatic N) is 4. The van der Waals surface area contributed by atoms with Gasteiger partial charge in [-0.25, -0.2) is 14.1 Å². The largest absolute Gasteiger partial charge is 0.284 e. The van der Waals surface area contributed by atoms with Crippen LogP contribution >= 0.6 is 0 Å². The lowest BCUT2D eigenvalue weighted by Crippen LogP contribution is -2.30. The molecule has 0 spiro atoms. The highest BCUT2D eigenvalue weighted by molar-refractivity contribution is 5.72. The summed E-state index contributed by atoms with van der Waals surface area (Å²) in [5, 5.41) is 4.32. The van der Waals surface area contributed by atoms with Gasteiger partial charge < -0.3 is 0 Å². The van der Waals surface area contributed by atoms with E-state index in [-0.39, 0.29) is 12.1 Å². The molecule has 2 aliphatic heterocycles. The average molecular weight is 232 g/mol. The Bertz CT molecular complexity index is 503. The van der Waals surface area contributed by atoms with Crippen LogP contribution in [0.2, 0.25) is 0 Å². The Hall–Kier alpha value is -1.78. The standard InChI is InChI=1S/C12H13FN4/c1-2-10-15-11-6-5-9(17(11)16-10)12-8(13)4-3-7-14-12/h2-4,7-9,12H,1,5-6H2. The Balaban J connectivity index is 1.92. The number of aliphatic imine (C=N–C) groups is 1. The first-order chi connectivity index (χ1) is 8.29. The van der Waals surface area contributed by atoms with Crippen LogP contribution in [0.1, 0.15) is 24.1 Å². The quantitative estimate of drug-likeness (QED) is 0.779. The normalized spacial score (nSPS) is 30.5. The van der Waals surface area contributed by atoms with Gasteiger partial charge in [0.05, 0.1) is 6.04 Å². The molecular weight excluding hydrogens is 219 g/mol. The predicted molar refractivity (Wildman–Crippen MR) is 63.8 cm³/mol. The Morgan fingerprint density at radius 1 is 1.53 bits per heavy atom. The summed E-state index contributed by atoms with van der Waals surface area (Å²) in [6.45, 7) is 3.64. The molecule has 0 bridgehead atoms. The van der Waals surface area contributed by atoms with Crippen molar-refractivity contribution < 1.29 is 4.39 Å². The maximum Gasteiger partial charge on any atom is 0.173 e. The number of halogens is 1. The molecule has 2 aliphatic rings. The minimum absolute atomic E-state index is 0.0256. The monoisotopic (exact) mass is 232 g/mol. The van der Waals surface area contributed by atoms with Crippen molar-refractivity contribution in [1.29, 1.82) is 0 Å². The Morgan fingerprint density at radius 2 is 2.41 bits per heavy atom. The van der Waals surface area contributed by atoms with Gasteiger partial charge >= 0.3 is 0 Å². The van der Waals surface area contributed by atoms with Crippen LogP contribution in [0.4, 0.5) is 4.39 Å². The van der Waals surface area contributed by atoms with Gasteiger partial charge in [-0.1, -0.05) is 6.58 Å². The third-order valence-corrected chi connectivity index (χ3v) is 3.24. The summed E-state index contributed by atoms with van der Waals surface area (Å²) in [6, 6.07) is -0.400. The second-order valence-electron chi connectivity index (χ2n) is 4.26. The lowest BCUT2D eigenvalue weighted by atomic mass is 10.0. The number of dihydropyridines is 1. The van der Waals surface area contributed by atoms with E-state index in [9.17, 15) is 4.39 Å². The number of fused-ring (bicyclic) bond motifs is 1. The first-order valence-corrected chi connectivity index (χ1v) is 5.71. The molecule has 4 nitrogen and oxygen atoms in total. The van der Waals surface area contributed by atoms with E-state index in [0.717, 1.165) is 18.7 Å². The van der Waals surface area contributed by atoms with E-state index in [2.05, 4.69) is 21.7 Å². The van der Waals surface area contributed by atoms with Crippen molar-refractivity contribution in [3.05, 3.63) is 30.4 Å². The van der Waals surface area contributed by atoms with Crippen LogP contribution in [0.5, 0.6) is 0 Å². The van der Waals surface area contributed by atoms with Crippen LogP contribution in [0.3, 0.4) is 0 Å². The maximum atomic E-state index is 13.8. The lowest BCUT2D eigenvalue weighted by molar-refractivity contribution is 0.265. The lowest BCUT2D eigenvalue weighted by Gasteiger charge is -2.23.